The second-order valence-corrected chi connectivity index (χ2v) is 8.07. The fourth-order valence-electron chi connectivity index (χ4n) is 2.67. The van der Waals surface area contributed by atoms with Crippen molar-refractivity contribution in [3.63, 3.8) is 0 Å². The summed E-state index contributed by atoms with van der Waals surface area (Å²) >= 11 is 0. The van der Waals surface area contributed by atoms with E-state index in [1.165, 1.54) is 89.9 Å². The van der Waals surface area contributed by atoms with Crippen molar-refractivity contribution in [2.24, 2.45) is 5.73 Å². The lowest BCUT2D eigenvalue weighted by Gasteiger charge is -2.07. The van der Waals surface area contributed by atoms with Crippen LogP contribution < -0.4 is 5.73 Å². The molecule has 29 heavy (non-hydrogen) atoms. The molecule has 0 aliphatic heterocycles. The monoisotopic (exact) mass is 437 g/mol. The molecule has 176 valence electrons. The predicted molar refractivity (Wildman–Crippen MR) is 124 cm³/mol. The first-order chi connectivity index (χ1) is 14.2. The molecule has 0 aromatic rings. The van der Waals surface area contributed by atoms with Crippen LogP contribution in [0.25, 0.3) is 0 Å². The van der Waals surface area contributed by atoms with Gasteiger partial charge in [0.2, 0.25) is 0 Å². The summed E-state index contributed by atoms with van der Waals surface area (Å²) in [5.41, 5.74) is 5.47. The summed E-state index contributed by atoms with van der Waals surface area (Å²) in [7, 11) is -1.91. The van der Waals surface area contributed by atoms with E-state index < -0.39 is 8.60 Å². The molecule has 0 aromatic carbocycles. The van der Waals surface area contributed by atoms with Crippen LogP contribution in [-0.2, 0) is 9.05 Å². The first-order valence-corrected chi connectivity index (χ1v) is 12.7. The van der Waals surface area contributed by atoms with Gasteiger partial charge in [0.25, 0.3) is 0 Å². The SMILES string of the molecule is CCCCCCCC/C=C\CCCCCCCCN.OCCOP(O)OCCO. The van der Waals surface area contributed by atoms with Gasteiger partial charge in [-0.25, -0.2) is 0 Å². The summed E-state index contributed by atoms with van der Waals surface area (Å²) in [6, 6.07) is 0. The maximum absolute atomic E-state index is 8.71. The van der Waals surface area contributed by atoms with Gasteiger partial charge in [0, 0.05) is 0 Å². The largest absolute Gasteiger partial charge is 0.394 e. The standard InChI is InChI=1S/C18H37N.C4H11O5P/c1-2-3-4-5-6-7-8-9-10-11-12-13-14-15-16-17-18-19;5-1-3-8-10(7)9-4-2-6/h9-10H,2-8,11-19H2,1H3;5-7H,1-4H2/b10-9-;. The molecule has 0 spiro atoms. The third-order valence-electron chi connectivity index (χ3n) is 4.30. The highest BCUT2D eigenvalue weighted by atomic mass is 31.2. The number of nitrogens with two attached hydrogens (primary N) is 1. The molecule has 0 bridgehead atoms. The highest BCUT2D eigenvalue weighted by molar-refractivity contribution is 7.40. The Morgan fingerprint density at radius 3 is 1.52 bits per heavy atom. The number of unbranched alkanes of at least 4 members (excludes halogenated alkanes) is 12. The van der Waals surface area contributed by atoms with E-state index in [-0.39, 0.29) is 26.4 Å². The Bertz CT molecular complexity index is 301. The smallest absolute Gasteiger partial charge is 0.330 e. The number of aliphatic hydroxyl groups is 2. The lowest BCUT2D eigenvalue weighted by atomic mass is 10.1. The Balaban J connectivity index is 0. The van der Waals surface area contributed by atoms with E-state index in [1.807, 2.05) is 0 Å². The molecule has 7 heteroatoms. The van der Waals surface area contributed by atoms with E-state index in [0.29, 0.717) is 0 Å². The Morgan fingerprint density at radius 1 is 0.690 bits per heavy atom. The van der Waals surface area contributed by atoms with E-state index >= 15 is 0 Å². The van der Waals surface area contributed by atoms with Gasteiger partial charge in [-0.05, 0) is 38.6 Å². The van der Waals surface area contributed by atoms with Crippen molar-refractivity contribution in [2.45, 2.75) is 96.8 Å². The van der Waals surface area contributed by atoms with Crippen molar-refractivity contribution in [3.8, 4) is 0 Å². The van der Waals surface area contributed by atoms with Crippen LogP contribution in [0.1, 0.15) is 96.8 Å². The predicted octanol–water partition coefficient (Wildman–Crippen LogP) is 5.21. The molecular weight excluding hydrogens is 389 g/mol. The number of rotatable bonds is 21. The number of hydrogen-bond acceptors (Lipinski definition) is 6. The Labute approximate surface area is 180 Å². The molecule has 0 unspecified atom stereocenters. The average molecular weight is 438 g/mol. The van der Waals surface area contributed by atoms with Gasteiger partial charge in [-0.3, -0.25) is 0 Å². The van der Waals surface area contributed by atoms with Crippen LogP contribution in [0.2, 0.25) is 0 Å². The molecule has 0 fully saturated rings. The van der Waals surface area contributed by atoms with Crippen LogP contribution in [0.3, 0.4) is 0 Å². The number of aliphatic hydroxyl groups excluding tert-OH is 2. The topological polar surface area (TPSA) is 105 Å². The van der Waals surface area contributed by atoms with Gasteiger partial charge in [0.05, 0.1) is 26.4 Å². The fourth-order valence-corrected chi connectivity index (χ4v) is 3.22. The van der Waals surface area contributed by atoms with E-state index in [1.54, 1.807) is 0 Å². The summed E-state index contributed by atoms with van der Waals surface area (Å²) in [4.78, 5) is 8.71. The molecule has 0 saturated heterocycles. The van der Waals surface area contributed by atoms with Gasteiger partial charge >= 0.3 is 8.60 Å². The number of hydrogen-bond donors (Lipinski definition) is 4. The zero-order valence-electron chi connectivity index (χ0n) is 18.8. The van der Waals surface area contributed by atoms with Crippen LogP contribution >= 0.6 is 8.60 Å². The third-order valence-corrected chi connectivity index (χ3v) is 5.11. The van der Waals surface area contributed by atoms with Crippen molar-refractivity contribution < 1.29 is 24.2 Å². The summed E-state index contributed by atoms with van der Waals surface area (Å²) in [6.07, 6.45) is 23.9. The number of allylic oxidation sites excluding steroid dienone is 2. The Morgan fingerprint density at radius 2 is 1.10 bits per heavy atom. The van der Waals surface area contributed by atoms with Gasteiger partial charge in [-0.2, -0.15) is 0 Å². The van der Waals surface area contributed by atoms with E-state index in [4.69, 9.17) is 20.8 Å². The first kappa shape index (κ1) is 31.1. The zero-order chi connectivity index (χ0) is 21.8. The maximum atomic E-state index is 8.71. The Hall–Kier alpha value is -0.0700. The van der Waals surface area contributed by atoms with Crippen molar-refractivity contribution in [3.05, 3.63) is 12.2 Å². The van der Waals surface area contributed by atoms with Crippen LogP contribution in [0, 0.1) is 0 Å². The van der Waals surface area contributed by atoms with Crippen LogP contribution in [0.4, 0.5) is 0 Å². The molecule has 0 atom stereocenters. The summed E-state index contributed by atoms with van der Waals surface area (Å²) in [6.45, 7) is 2.94. The summed E-state index contributed by atoms with van der Waals surface area (Å²) < 4.78 is 9.06. The lowest BCUT2D eigenvalue weighted by Crippen LogP contribution is -1.99. The van der Waals surface area contributed by atoms with Crippen LogP contribution in [-0.4, -0.2) is 48.1 Å². The normalized spacial score (nSPS) is 11.2. The first-order valence-electron chi connectivity index (χ1n) is 11.5. The van der Waals surface area contributed by atoms with Crippen molar-refractivity contribution in [1.82, 2.24) is 0 Å². The molecule has 5 N–H and O–H groups in total. The molecule has 0 aromatic heterocycles. The zero-order valence-corrected chi connectivity index (χ0v) is 19.7. The molecule has 0 aliphatic rings. The van der Waals surface area contributed by atoms with E-state index in [2.05, 4.69) is 28.1 Å². The lowest BCUT2D eigenvalue weighted by molar-refractivity contribution is 0.139. The van der Waals surface area contributed by atoms with Gasteiger partial charge in [0.1, 0.15) is 0 Å². The third kappa shape index (κ3) is 32.8. The highest BCUT2D eigenvalue weighted by Crippen LogP contribution is 2.31. The van der Waals surface area contributed by atoms with Gasteiger partial charge < -0.3 is 29.9 Å². The maximum Gasteiger partial charge on any atom is 0.330 e. The minimum absolute atomic E-state index is 0.0492. The Kier molecular flexibility index (Phi) is 32.3. The van der Waals surface area contributed by atoms with Crippen molar-refractivity contribution in [2.75, 3.05) is 33.0 Å². The van der Waals surface area contributed by atoms with Crippen LogP contribution in [0.5, 0.6) is 0 Å². The second kappa shape index (κ2) is 30.1. The molecule has 0 saturated carbocycles. The molecule has 0 heterocycles. The van der Waals surface area contributed by atoms with E-state index in [9.17, 15) is 0 Å². The fraction of sp³-hybridized carbons (Fsp3) is 0.909. The summed E-state index contributed by atoms with van der Waals surface area (Å²) in [5, 5.41) is 16.4. The van der Waals surface area contributed by atoms with E-state index in [0.717, 1.165) is 6.54 Å². The minimum atomic E-state index is -1.91. The highest BCUT2D eigenvalue weighted by Gasteiger charge is 2.03. The molecule has 0 rings (SSSR count). The average Bonchev–Trinajstić information content (AvgIpc) is 2.74. The van der Waals surface area contributed by atoms with Gasteiger partial charge in [0.15, 0.2) is 0 Å². The van der Waals surface area contributed by atoms with Crippen molar-refractivity contribution in [1.29, 1.82) is 0 Å². The molecule has 0 aliphatic carbocycles. The van der Waals surface area contributed by atoms with Crippen molar-refractivity contribution >= 4 is 8.60 Å². The molecule has 0 amide bonds. The minimum Gasteiger partial charge on any atom is -0.394 e. The second-order valence-electron chi connectivity index (χ2n) is 7.08. The molecule has 6 nitrogen and oxygen atoms in total. The molecule has 0 radical (unpaired) electrons. The molecular formula is C22H48NO5P. The van der Waals surface area contributed by atoms with Gasteiger partial charge in [-0.15, -0.1) is 0 Å². The quantitative estimate of drug-likeness (QED) is 0.112. The van der Waals surface area contributed by atoms with Gasteiger partial charge in [-0.1, -0.05) is 76.9 Å². The van der Waals surface area contributed by atoms with Crippen LogP contribution in [0.15, 0.2) is 12.2 Å². The summed E-state index contributed by atoms with van der Waals surface area (Å²) in [5.74, 6) is 0.